The van der Waals surface area contributed by atoms with E-state index in [0.717, 1.165) is 22.7 Å². The van der Waals surface area contributed by atoms with Gasteiger partial charge in [0.25, 0.3) is 21.6 Å². The third-order valence-electron chi connectivity index (χ3n) is 4.32. The minimum absolute atomic E-state index is 0.0611. The minimum atomic E-state index is -4.16. The number of carbonyl (C=O) groups is 1. The monoisotopic (exact) mass is 490 g/mol. The van der Waals surface area contributed by atoms with E-state index in [1.54, 1.807) is 6.07 Å². The molecule has 0 aliphatic heterocycles. The van der Waals surface area contributed by atoms with Crippen LogP contribution in [0.3, 0.4) is 0 Å². The SMILES string of the molecule is O=C(CN(c1ccc(F)cc1)S(=O)(=O)c1ccccc1)N/N=C\c1cc([N+](=O)[O-])ccc1Cl. The van der Waals surface area contributed by atoms with Crippen LogP contribution in [-0.4, -0.2) is 32.0 Å². The minimum Gasteiger partial charge on any atom is -0.271 e. The second-order valence-electron chi connectivity index (χ2n) is 6.56. The van der Waals surface area contributed by atoms with Gasteiger partial charge in [-0.3, -0.25) is 19.2 Å². The first-order chi connectivity index (χ1) is 15.7. The molecule has 0 aliphatic rings. The lowest BCUT2D eigenvalue weighted by Crippen LogP contribution is -2.39. The summed E-state index contributed by atoms with van der Waals surface area (Å²) in [5.41, 5.74) is 2.19. The molecule has 3 aromatic carbocycles. The molecular formula is C21H16ClFN4O5S. The van der Waals surface area contributed by atoms with Crippen molar-refractivity contribution in [1.29, 1.82) is 0 Å². The molecule has 9 nitrogen and oxygen atoms in total. The van der Waals surface area contributed by atoms with Gasteiger partial charge in [-0.25, -0.2) is 18.2 Å². The number of sulfonamides is 1. The summed E-state index contributed by atoms with van der Waals surface area (Å²) in [6, 6.07) is 15.7. The Balaban J connectivity index is 1.82. The van der Waals surface area contributed by atoms with Crippen molar-refractivity contribution < 1.29 is 22.5 Å². The zero-order chi connectivity index (χ0) is 24.0. The lowest BCUT2D eigenvalue weighted by molar-refractivity contribution is -0.384. The second kappa shape index (κ2) is 10.2. The van der Waals surface area contributed by atoms with Gasteiger partial charge in [0.1, 0.15) is 12.4 Å². The predicted octanol–water partition coefficient (Wildman–Crippen LogP) is 3.73. The second-order valence-corrected chi connectivity index (χ2v) is 8.83. The smallest absolute Gasteiger partial charge is 0.270 e. The van der Waals surface area contributed by atoms with Crippen molar-refractivity contribution in [1.82, 2.24) is 5.43 Å². The Labute approximate surface area is 193 Å². The average molecular weight is 491 g/mol. The number of nitro groups is 1. The molecule has 0 spiro atoms. The van der Waals surface area contributed by atoms with E-state index in [1.807, 2.05) is 0 Å². The summed E-state index contributed by atoms with van der Waals surface area (Å²) in [6.45, 7) is -0.664. The molecule has 1 N–H and O–H groups in total. The number of nitrogens with zero attached hydrogens (tertiary/aromatic N) is 3. The average Bonchev–Trinajstić information content (AvgIpc) is 2.80. The topological polar surface area (TPSA) is 122 Å². The number of nitro benzene ring substituents is 1. The molecule has 0 saturated heterocycles. The number of hydrazone groups is 1. The van der Waals surface area contributed by atoms with Crippen LogP contribution in [0, 0.1) is 15.9 Å². The number of nitrogens with one attached hydrogen (secondary N) is 1. The van der Waals surface area contributed by atoms with E-state index >= 15 is 0 Å². The van der Waals surface area contributed by atoms with Gasteiger partial charge in [0, 0.05) is 22.7 Å². The van der Waals surface area contributed by atoms with Crippen molar-refractivity contribution in [2.75, 3.05) is 10.8 Å². The maximum atomic E-state index is 13.4. The molecule has 0 fully saturated rings. The molecule has 3 rings (SSSR count). The van der Waals surface area contributed by atoms with E-state index in [1.165, 1.54) is 54.6 Å². The number of amides is 1. The van der Waals surface area contributed by atoms with E-state index < -0.39 is 33.2 Å². The maximum Gasteiger partial charge on any atom is 0.270 e. The van der Waals surface area contributed by atoms with Gasteiger partial charge < -0.3 is 0 Å². The van der Waals surface area contributed by atoms with Crippen molar-refractivity contribution in [3.8, 4) is 0 Å². The first kappa shape index (κ1) is 23.8. The number of halogens is 2. The predicted molar refractivity (Wildman–Crippen MR) is 121 cm³/mol. The van der Waals surface area contributed by atoms with Crippen molar-refractivity contribution in [2.24, 2.45) is 5.10 Å². The van der Waals surface area contributed by atoms with Crippen LogP contribution in [0.15, 0.2) is 82.8 Å². The summed E-state index contributed by atoms with van der Waals surface area (Å²) in [6.07, 6.45) is 1.10. The number of carbonyl (C=O) groups excluding carboxylic acids is 1. The van der Waals surface area contributed by atoms with Crippen molar-refractivity contribution in [3.63, 3.8) is 0 Å². The molecule has 3 aromatic rings. The highest BCUT2D eigenvalue weighted by Gasteiger charge is 2.27. The van der Waals surface area contributed by atoms with E-state index in [2.05, 4.69) is 10.5 Å². The zero-order valence-corrected chi connectivity index (χ0v) is 18.3. The number of anilines is 1. The molecule has 0 heterocycles. The molecular weight excluding hydrogens is 475 g/mol. The van der Waals surface area contributed by atoms with Gasteiger partial charge in [-0.15, -0.1) is 0 Å². The zero-order valence-electron chi connectivity index (χ0n) is 16.8. The first-order valence-corrected chi connectivity index (χ1v) is 11.1. The molecule has 170 valence electrons. The van der Waals surface area contributed by atoms with E-state index in [-0.39, 0.29) is 26.9 Å². The molecule has 0 saturated carbocycles. The highest BCUT2D eigenvalue weighted by Crippen LogP contribution is 2.24. The number of rotatable bonds is 8. The Bertz CT molecular complexity index is 1300. The summed E-state index contributed by atoms with van der Waals surface area (Å²) in [5.74, 6) is -1.38. The van der Waals surface area contributed by atoms with Gasteiger partial charge in [-0.2, -0.15) is 5.10 Å². The van der Waals surface area contributed by atoms with Crippen LogP contribution in [0.4, 0.5) is 15.8 Å². The van der Waals surface area contributed by atoms with Crippen LogP contribution in [0.1, 0.15) is 5.56 Å². The van der Waals surface area contributed by atoms with Crippen LogP contribution < -0.4 is 9.73 Å². The third kappa shape index (κ3) is 5.90. The Morgan fingerprint density at radius 1 is 1.12 bits per heavy atom. The molecule has 0 unspecified atom stereocenters. The standard InChI is InChI=1S/C21H16ClFN4O5S/c22-20-11-10-18(27(29)30)12-15(20)13-24-25-21(28)14-26(17-8-6-16(23)7-9-17)33(31,32)19-4-2-1-3-5-19/h1-13H,14H2,(H,25,28)/b24-13-. The normalized spacial score (nSPS) is 11.3. The fourth-order valence-electron chi connectivity index (χ4n) is 2.73. The number of hydrogen-bond acceptors (Lipinski definition) is 6. The highest BCUT2D eigenvalue weighted by atomic mass is 35.5. The van der Waals surface area contributed by atoms with Crippen molar-refractivity contribution in [3.05, 3.63) is 99.3 Å². The quantitative estimate of drug-likeness (QED) is 0.293. The Kier molecular flexibility index (Phi) is 7.36. The van der Waals surface area contributed by atoms with Crippen LogP contribution in [-0.2, 0) is 14.8 Å². The molecule has 0 radical (unpaired) electrons. The van der Waals surface area contributed by atoms with Gasteiger partial charge in [-0.1, -0.05) is 29.8 Å². The Hall–Kier alpha value is -3.83. The fourth-order valence-corrected chi connectivity index (χ4v) is 4.33. The fraction of sp³-hybridized carbons (Fsp3) is 0.0476. The summed E-state index contributed by atoms with van der Waals surface area (Å²) in [5, 5.41) is 14.8. The van der Waals surface area contributed by atoms with Gasteiger partial charge in [0.05, 0.1) is 21.7 Å². The third-order valence-corrected chi connectivity index (χ3v) is 6.45. The first-order valence-electron chi connectivity index (χ1n) is 9.27. The lowest BCUT2D eigenvalue weighted by atomic mass is 10.2. The van der Waals surface area contributed by atoms with Crippen molar-refractivity contribution >= 4 is 45.1 Å². The summed E-state index contributed by atoms with van der Waals surface area (Å²) in [7, 11) is -4.16. The number of non-ortho nitro benzene ring substituents is 1. The largest absolute Gasteiger partial charge is 0.271 e. The molecule has 1 amide bonds. The number of hydrogen-bond donors (Lipinski definition) is 1. The summed E-state index contributed by atoms with van der Waals surface area (Å²) < 4.78 is 40.4. The molecule has 12 heteroatoms. The summed E-state index contributed by atoms with van der Waals surface area (Å²) >= 11 is 5.98. The molecule has 0 aliphatic carbocycles. The number of benzene rings is 3. The molecule has 0 aromatic heterocycles. The van der Waals surface area contributed by atoms with Gasteiger partial charge in [0.2, 0.25) is 0 Å². The highest BCUT2D eigenvalue weighted by molar-refractivity contribution is 7.92. The van der Waals surface area contributed by atoms with Crippen LogP contribution >= 0.6 is 11.6 Å². The molecule has 33 heavy (non-hydrogen) atoms. The van der Waals surface area contributed by atoms with E-state index in [0.29, 0.717) is 0 Å². The van der Waals surface area contributed by atoms with Gasteiger partial charge >= 0.3 is 0 Å². The van der Waals surface area contributed by atoms with E-state index in [9.17, 15) is 27.7 Å². The van der Waals surface area contributed by atoms with Crippen LogP contribution in [0.2, 0.25) is 5.02 Å². The van der Waals surface area contributed by atoms with Crippen LogP contribution in [0.5, 0.6) is 0 Å². The lowest BCUT2D eigenvalue weighted by Gasteiger charge is -2.23. The van der Waals surface area contributed by atoms with E-state index in [4.69, 9.17) is 11.6 Å². The van der Waals surface area contributed by atoms with Crippen molar-refractivity contribution in [2.45, 2.75) is 4.90 Å². The van der Waals surface area contributed by atoms with Gasteiger partial charge in [-0.05, 0) is 42.5 Å². The molecule has 0 atom stereocenters. The van der Waals surface area contributed by atoms with Gasteiger partial charge in [0.15, 0.2) is 0 Å². The summed E-state index contributed by atoms with van der Waals surface area (Å²) in [4.78, 5) is 22.7. The Morgan fingerprint density at radius 2 is 1.79 bits per heavy atom. The molecule has 0 bridgehead atoms. The van der Waals surface area contributed by atoms with Crippen LogP contribution in [0.25, 0.3) is 0 Å². The maximum absolute atomic E-state index is 13.4. The Morgan fingerprint density at radius 3 is 2.42 bits per heavy atom.